The van der Waals surface area contributed by atoms with Gasteiger partial charge in [0.2, 0.25) is 11.7 Å². The van der Waals surface area contributed by atoms with E-state index in [0.717, 1.165) is 23.8 Å². The summed E-state index contributed by atoms with van der Waals surface area (Å²) in [4.78, 5) is 25.3. The molecule has 0 saturated carbocycles. The smallest absolute Gasteiger partial charge is 0.288 e. The topological polar surface area (TPSA) is 80.6 Å². The number of carbonyl (C=O) groups excluding carboxylic acids is 2. The van der Waals surface area contributed by atoms with Gasteiger partial charge in [0.05, 0.1) is 7.11 Å². The van der Waals surface area contributed by atoms with Crippen molar-refractivity contribution in [2.75, 3.05) is 13.7 Å². The first-order chi connectivity index (χ1) is 13.7. The normalized spacial score (nSPS) is 17.0. The Balaban J connectivity index is 1.76. The van der Waals surface area contributed by atoms with Crippen LogP contribution >= 0.6 is 0 Å². The molecule has 2 heterocycles. The maximum absolute atomic E-state index is 13.1. The molecule has 1 atom stereocenters. The average molecular weight is 378 g/mol. The highest BCUT2D eigenvalue weighted by molar-refractivity contribution is 6.09. The van der Waals surface area contributed by atoms with E-state index in [9.17, 15) is 9.59 Å². The number of amides is 2. The third kappa shape index (κ3) is 3.45. The van der Waals surface area contributed by atoms with E-state index in [4.69, 9.17) is 9.15 Å². The molecule has 144 valence electrons. The molecule has 1 saturated heterocycles. The van der Waals surface area contributed by atoms with Crippen LogP contribution < -0.4 is 15.4 Å². The fourth-order valence-corrected chi connectivity index (χ4v) is 3.56. The van der Waals surface area contributed by atoms with Crippen LogP contribution in [0.5, 0.6) is 5.75 Å². The summed E-state index contributed by atoms with van der Waals surface area (Å²) in [5.74, 6) is 0.309. The van der Waals surface area contributed by atoms with Gasteiger partial charge in [-0.2, -0.15) is 0 Å². The van der Waals surface area contributed by atoms with Crippen LogP contribution in [0.15, 0.2) is 52.9 Å². The molecule has 2 N–H and O–H groups in total. The summed E-state index contributed by atoms with van der Waals surface area (Å²) in [7, 11) is 1.58. The molecule has 0 unspecified atom stereocenters. The fourth-order valence-electron chi connectivity index (χ4n) is 3.56. The van der Waals surface area contributed by atoms with Crippen LogP contribution in [-0.4, -0.2) is 31.5 Å². The number of methoxy groups -OCH3 is 1. The number of fused-ring (bicyclic) bond motifs is 1. The second-order valence-corrected chi connectivity index (χ2v) is 6.85. The number of benzene rings is 2. The highest BCUT2D eigenvalue weighted by atomic mass is 16.5. The van der Waals surface area contributed by atoms with Crippen molar-refractivity contribution in [3.63, 3.8) is 0 Å². The molecule has 6 nitrogen and oxygen atoms in total. The van der Waals surface area contributed by atoms with Crippen LogP contribution in [0, 0.1) is 0 Å². The minimum atomic E-state index is -0.554. The monoisotopic (exact) mass is 378 g/mol. The molecule has 3 aromatic rings. The molecule has 1 aliphatic heterocycles. The predicted molar refractivity (Wildman–Crippen MR) is 106 cm³/mol. The van der Waals surface area contributed by atoms with Crippen LogP contribution in [-0.2, 0) is 4.79 Å². The van der Waals surface area contributed by atoms with E-state index in [1.165, 1.54) is 0 Å². The SMILES string of the molecule is COc1ccc2c(-c3ccccc3)c(C(=O)N[C@@H]3CCCCNC3=O)oc2c1. The minimum absolute atomic E-state index is 0.148. The first-order valence-electron chi connectivity index (χ1n) is 9.42. The Morgan fingerprint density at radius 1 is 1.18 bits per heavy atom. The van der Waals surface area contributed by atoms with Crippen molar-refractivity contribution in [1.82, 2.24) is 10.6 Å². The Bertz CT molecular complexity index is 1010. The molecule has 4 rings (SSSR count). The minimum Gasteiger partial charge on any atom is -0.497 e. The van der Waals surface area contributed by atoms with E-state index >= 15 is 0 Å². The molecule has 0 aliphatic carbocycles. The van der Waals surface area contributed by atoms with Gasteiger partial charge in [0, 0.05) is 23.6 Å². The van der Waals surface area contributed by atoms with E-state index < -0.39 is 11.9 Å². The van der Waals surface area contributed by atoms with Gasteiger partial charge < -0.3 is 19.8 Å². The summed E-state index contributed by atoms with van der Waals surface area (Å²) in [6.07, 6.45) is 2.41. The number of hydrogen-bond acceptors (Lipinski definition) is 4. The van der Waals surface area contributed by atoms with Gasteiger partial charge in [0.25, 0.3) is 5.91 Å². The van der Waals surface area contributed by atoms with Crippen LogP contribution in [0.2, 0.25) is 0 Å². The Morgan fingerprint density at radius 2 is 2.00 bits per heavy atom. The number of furan rings is 1. The van der Waals surface area contributed by atoms with E-state index in [1.54, 1.807) is 13.2 Å². The quantitative estimate of drug-likeness (QED) is 0.728. The van der Waals surface area contributed by atoms with Crippen LogP contribution in [0.4, 0.5) is 0 Å². The summed E-state index contributed by atoms with van der Waals surface area (Å²) in [6.45, 7) is 0.644. The maximum atomic E-state index is 13.1. The number of hydrogen-bond donors (Lipinski definition) is 2. The lowest BCUT2D eigenvalue weighted by atomic mass is 10.0. The van der Waals surface area contributed by atoms with E-state index in [-0.39, 0.29) is 11.7 Å². The molecule has 0 radical (unpaired) electrons. The van der Waals surface area contributed by atoms with E-state index in [0.29, 0.717) is 29.9 Å². The average Bonchev–Trinajstić information content (AvgIpc) is 3.00. The Hall–Kier alpha value is -3.28. The first kappa shape index (κ1) is 18.1. The second-order valence-electron chi connectivity index (χ2n) is 6.85. The van der Waals surface area contributed by atoms with Crippen molar-refractivity contribution < 1.29 is 18.7 Å². The molecule has 0 spiro atoms. The van der Waals surface area contributed by atoms with Gasteiger partial charge in [-0.3, -0.25) is 9.59 Å². The van der Waals surface area contributed by atoms with E-state index in [1.807, 2.05) is 42.5 Å². The summed E-state index contributed by atoms with van der Waals surface area (Å²) < 4.78 is 11.2. The molecule has 0 bridgehead atoms. The largest absolute Gasteiger partial charge is 0.497 e. The lowest BCUT2D eigenvalue weighted by molar-refractivity contribution is -0.122. The summed E-state index contributed by atoms with van der Waals surface area (Å²) >= 11 is 0. The summed E-state index contributed by atoms with van der Waals surface area (Å²) in [6, 6.07) is 14.5. The van der Waals surface area contributed by atoms with Crippen LogP contribution in [0.1, 0.15) is 29.8 Å². The lowest BCUT2D eigenvalue weighted by Gasteiger charge is -2.14. The summed E-state index contributed by atoms with van der Waals surface area (Å²) in [5.41, 5.74) is 2.15. The number of ether oxygens (including phenoxy) is 1. The highest BCUT2D eigenvalue weighted by Crippen LogP contribution is 2.36. The molecular formula is C22H22N2O4. The Labute approximate surface area is 162 Å². The molecule has 2 aromatic carbocycles. The number of nitrogens with one attached hydrogen (secondary N) is 2. The molecule has 1 fully saturated rings. The van der Waals surface area contributed by atoms with Crippen molar-refractivity contribution in [2.45, 2.75) is 25.3 Å². The zero-order valence-corrected chi connectivity index (χ0v) is 15.7. The van der Waals surface area contributed by atoms with Gasteiger partial charge in [-0.15, -0.1) is 0 Å². The summed E-state index contributed by atoms with van der Waals surface area (Å²) in [5, 5.41) is 6.51. The van der Waals surface area contributed by atoms with Gasteiger partial charge >= 0.3 is 0 Å². The van der Waals surface area contributed by atoms with Gasteiger partial charge in [0.1, 0.15) is 17.4 Å². The third-order valence-electron chi connectivity index (χ3n) is 5.01. The second kappa shape index (κ2) is 7.76. The van der Waals surface area contributed by atoms with Gasteiger partial charge in [0.15, 0.2) is 0 Å². The van der Waals surface area contributed by atoms with Crippen molar-refractivity contribution in [1.29, 1.82) is 0 Å². The molecule has 1 aliphatic rings. The highest BCUT2D eigenvalue weighted by Gasteiger charge is 2.27. The molecule has 28 heavy (non-hydrogen) atoms. The maximum Gasteiger partial charge on any atom is 0.288 e. The standard InChI is InChI=1S/C22H22N2O4/c1-27-15-10-11-16-18(13-15)28-20(19(16)14-7-3-2-4-8-14)22(26)24-17-9-5-6-12-23-21(17)25/h2-4,7-8,10-11,13,17H,5-6,9,12H2,1H3,(H,23,25)(H,24,26)/t17-/m1/s1. The number of carbonyl (C=O) groups is 2. The number of rotatable bonds is 4. The van der Waals surface area contributed by atoms with E-state index in [2.05, 4.69) is 10.6 Å². The fraction of sp³-hybridized carbons (Fsp3) is 0.273. The van der Waals surface area contributed by atoms with Crippen molar-refractivity contribution in [2.24, 2.45) is 0 Å². The predicted octanol–water partition coefficient (Wildman–Crippen LogP) is 3.51. The third-order valence-corrected chi connectivity index (χ3v) is 5.01. The van der Waals surface area contributed by atoms with Crippen molar-refractivity contribution >= 4 is 22.8 Å². The zero-order chi connectivity index (χ0) is 19.5. The van der Waals surface area contributed by atoms with Crippen molar-refractivity contribution in [3.05, 3.63) is 54.3 Å². The molecule has 6 heteroatoms. The molecular weight excluding hydrogens is 356 g/mol. The van der Waals surface area contributed by atoms with Crippen LogP contribution in [0.3, 0.4) is 0 Å². The van der Waals surface area contributed by atoms with Gasteiger partial charge in [-0.25, -0.2) is 0 Å². The molecule has 1 aromatic heterocycles. The molecule has 2 amide bonds. The zero-order valence-electron chi connectivity index (χ0n) is 15.7. The lowest BCUT2D eigenvalue weighted by Crippen LogP contribution is -2.45. The van der Waals surface area contributed by atoms with Crippen LogP contribution in [0.25, 0.3) is 22.1 Å². The van der Waals surface area contributed by atoms with Gasteiger partial charge in [-0.1, -0.05) is 30.3 Å². The van der Waals surface area contributed by atoms with Crippen molar-refractivity contribution in [3.8, 4) is 16.9 Å². The Morgan fingerprint density at radius 3 is 2.79 bits per heavy atom. The van der Waals surface area contributed by atoms with Gasteiger partial charge in [-0.05, 0) is 37.0 Å². The Kier molecular flexibility index (Phi) is 5.02. The first-order valence-corrected chi connectivity index (χ1v) is 9.42.